The number of carboxylic acid groups (broad SMARTS) is 1. The number of aliphatic carboxylic acids is 1. The second-order valence-electron chi connectivity index (χ2n) is 2.61. The summed E-state index contributed by atoms with van der Waals surface area (Å²) >= 11 is 7.04. The molecule has 0 aliphatic carbocycles. The van der Waals surface area contributed by atoms with Crippen molar-refractivity contribution in [3.05, 3.63) is 21.3 Å². The number of nitrogens with one attached hydrogen (secondary N) is 1. The minimum absolute atomic E-state index is 0.255. The second-order valence-corrected chi connectivity index (χ2v) is 4.04. The van der Waals surface area contributed by atoms with E-state index in [2.05, 4.69) is 5.32 Å². The molecule has 1 aromatic heterocycles. The molecule has 6 heteroatoms. The third kappa shape index (κ3) is 3.01. The molecule has 76 valence electrons. The van der Waals surface area contributed by atoms with E-state index < -0.39 is 12.0 Å². The molecule has 1 atom stereocenters. The summed E-state index contributed by atoms with van der Waals surface area (Å²) in [5.41, 5.74) is 0. The number of hydrogen-bond acceptors (Lipinski definition) is 3. The molecule has 1 rings (SSSR count). The highest BCUT2D eigenvalue weighted by molar-refractivity contribution is 7.10. The largest absolute Gasteiger partial charge is 0.480 e. The van der Waals surface area contributed by atoms with Crippen LogP contribution in [0, 0.1) is 0 Å². The first-order valence-corrected chi connectivity index (χ1v) is 5.04. The van der Waals surface area contributed by atoms with Crippen molar-refractivity contribution in [1.82, 2.24) is 5.32 Å². The molecule has 1 heterocycles. The molecule has 0 aliphatic heterocycles. The highest BCUT2D eigenvalue weighted by Crippen LogP contribution is 2.20. The zero-order chi connectivity index (χ0) is 10.6. The first-order valence-electron chi connectivity index (χ1n) is 3.79. The van der Waals surface area contributed by atoms with E-state index in [4.69, 9.17) is 16.7 Å². The lowest BCUT2D eigenvalue weighted by Crippen LogP contribution is -2.37. The second kappa shape index (κ2) is 4.97. The number of carbonyl (C=O) groups excluding carboxylic acids is 1. The van der Waals surface area contributed by atoms with Gasteiger partial charge in [-0.15, -0.1) is 11.3 Å². The molecular weight excluding hydrogens is 226 g/mol. The van der Waals surface area contributed by atoms with E-state index in [0.717, 1.165) is 4.88 Å². The third-order valence-electron chi connectivity index (χ3n) is 1.59. The Morgan fingerprint density at radius 2 is 2.50 bits per heavy atom. The fraction of sp³-hybridized carbons (Fsp3) is 0.250. The lowest BCUT2D eigenvalue weighted by molar-refractivity contribution is -0.140. The van der Waals surface area contributed by atoms with E-state index in [0.29, 0.717) is 11.4 Å². The minimum atomic E-state index is -1.05. The van der Waals surface area contributed by atoms with Gasteiger partial charge in [-0.1, -0.05) is 11.6 Å². The van der Waals surface area contributed by atoms with Gasteiger partial charge in [-0.05, 0) is 6.07 Å². The van der Waals surface area contributed by atoms with Crippen LogP contribution < -0.4 is 5.32 Å². The van der Waals surface area contributed by atoms with E-state index in [1.165, 1.54) is 11.3 Å². The average molecular weight is 234 g/mol. The first-order chi connectivity index (χ1) is 6.63. The Morgan fingerprint density at radius 1 is 1.79 bits per heavy atom. The monoisotopic (exact) mass is 233 g/mol. The average Bonchev–Trinajstić information content (AvgIpc) is 2.50. The molecular formula is C8H8ClNO3S. The Balaban J connectivity index is 2.64. The van der Waals surface area contributed by atoms with Gasteiger partial charge in [0.2, 0.25) is 6.41 Å². The van der Waals surface area contributed by atoms with Gasteiger partial charge < -0.3 is 10.4 Å². The Hall–Kier alpha value is -1.07. The van der Waals surface area contributed by atoms with Crippen molar-refractivity contribution < 1.29 is 14.7 Å². The molecule has 4 nitrogen and oxygen atoms in total. The maximum atomic E-state index is 10.7. The Kier molecular flexibility index (Phi) is 3.91. The van der Waals surface area contributed by atoms with E-state index in [-0.39, 0.29) is 6.42 Å². The van der Waals surface area contributed by atoms with Crippen LogP contribution in [-0.2, 0) is 16.0 Å². The third-order valence-corrected chi connectivity index (χ3v) is 2.90. The van der Waals surface area contributed by atoms with Crippen molar-refractivity contribution in [3.8, 4) is 0 Å². The number of thiophene rings is 1. The Bertz CT molecular complexity index is 339. The molecule has 1 amide bonds. The summed E-state index contributed by atoms with van der Waals surface area (Å²) in [5, 5.41) is 13.2. The fourth-order valence-electron chi connectivity index (χ4n) is 0.962. The summed E-state index contributed by atoms with van der Waals surface area (Å²) in [6, 6.07) is 0.802. The van der Waals surface area contributed by atoms with E-state index in [1.54, 1.807) is 11.4 Å². The van der Waals surface area contributed by atoms with Crippen LogP contribution in [-0.4, -0.2) is 23.5 Å². The molecule has 0 spiro atoms. The van der Waals surface area contributed by atoms with Gasteiger partial charge in [0, 0.05) is 16.7 Å². The minimum Gasteiger partial charge on any atom is -0.480 e. The van der Waals surface area contributed by atoms with Gasteiger partial charge in [0.15, 0.2) is 0 Å². The maximum Gasteiger partial charge on any atom is 0.326 e. The van der Waals surface area contributed by atoms with Crippen molar-refractivity contribution in [3.63, 3.8) is 0 Å². The fourth-order valence-corrected chi connectivity index (χ4v) is 2.08. The van der Waals surface area contributed by atoms with E-state index >= 15 is 0 Å². The van der Waals surface area contributed by atoms with Crippen LogP contribution in [0.15, 0.2) is 11.4 Å². The van der Waals surface area contributed by atoms with Crippen LogP contribution in [0.3, 0.4) is 0 Å². The molecule has 1 unspecified atom stereocenters. The van der Waals surface area contributed by atoms with Crippen LogP contribution in [0.25, 0.3) is 0 Å². The quantitative estimate of drug-likeness (QED) is 0.750. The topological polar surface area (TPSA) is 66.4 Å². The summed E-state index contributed by atoms with van der Waals surface area (Å²) in [4.78, 5) is 21.6. The lowest BCUT2D eigenvalue weighted by Gasteiger charge is -2.08. The first kappa shape index (κ1) is 11.0. The van der Waals surface area contributed by atoms with Crippen molar-refractivity contribution >= 4 is 35.3 Å². The zero-order valence-corrected chi connectivity index (χ0v) is 8.64. The molecule has 0 aromatic carbocycles. The standard InChI is InChI=1S/C8H8ClNO3S/c9-5-1-6(14-3-5)2-7(8(12)13)10-4-11/h1,3-4,7H,2H2,(H,10,11)(H,12,13). The van der Waals surface area contributed by atoms with E-state index in [9.17, 15) is 9.59 Å². The van der Waals surface area contributed by atoms with Crippen LogP contribution in [0.2, 0.25) is 5.02 Å². The lowest BCUT2D eigenvalue weighted by atomic mass is 10.2. The van der Waals surface area contributed by atoms with Crippen LogP contribution in [0.1, 0.15) is 4.88 Å². The van der Waals surface area contributed by atoms with Gasteiger partial charge in [-0.3, -0.25) is 4.79 Å². The molecule has 0 fully saturated rings. The predicted molar refractivity (Wildman–Crippen MR) is 53.7 cm³/mol. The highest BCUT2D eigenvalue weighted by atomic mass is 35.5. The van der Waals surface area contributed by atoms with E-state index in [1.807, 2.05) is 0 Å². The summed E-state index contributed by atoms with van der Waals surface area (Å²) < 4.78 is 0. The molecule has 0 bridgehead atoms. The molecule has 0 saturated carbocycles. The van der Waals surface area contributed by atoms with Crippen molar-refractivity contribution in [2.45, 2.75) is 12.5 Å². The molecule has 14 heavy (non-hydrogen) atoms. The summed E-state index contributed by atoms with van der Waals surface area (Å²) in [5.74, 6) is -1.05. The molecule has 0 saturated heterocycles. The van der Waals surface area contributed by atoms with Gasteiger partial charge in [-0.25, -0.2) is 4.79 Å². The molecule has 2 N–H and O–H groups in total. The van der Waals surface area contributed by atoms with Gasteiger partial charge in [0.05, 0.1) is 5.02 Å². The molecule has 0 radical (unpaired) electrons. The number of carbonyl (C=O) groups is 2. The molecule has 0 aliphatic rings. The van der Waals surface area contributed by atoms with Crippen LogP contribution >= 0.6 is 22.9 Å². The van der Waals surface area contributed by atoms with Crippen molar-refractivity contribution in [2.75, 3.05) is 0 Å². The predicted octanol–water partition coefficient (Wildman–Crippen LogP) is 1.14. The summed E-state index contributed by atoms with van der Waals surface area (Å²) in [6.07, 6.45) is 0.638. The molecule has 1 aromatic rings. The SMILES string of the molecule is O=CNC(Cc1cc(Cl)cs1)C(=O)O. The number of rotatable bonds is 5. The number of hydrogen-bond donors (Lipinski definition) is 2. The zero-order valence-electron chi connectivity index (χ0n) is 7.07. The number of halogens is 1. The van der Waals surface area contributed by atoms with Gasteiger partial charge in [0.1, 0.15) is 6.04 Å². The maximum absolute atomic E-state index is 10.7. The van der Waals surface area contributed by atoms with Crippen LogP contribution in [0.5, 0.6) is 0 Å². The van der Waals surface area contributed by atoms with Crippen LogP contribution in [0.4, 0.5) is 0 Å². The van der Waals surface area contributed by atoms with Gasteiger partial charge >= 0.3 is 5.97 Å². The van der Waals surface area contributed by atoms with Crippen molar-refractivity contribution in [1.29, 1.82) is 0 Å². The number of amides is 1. The number of carboxylic acids is 1. The highest BCUT2D eigenvalue weighted by Gasteiger charge is 2.17. The summed E-state index contributed by atoms with van der Waals surface area (Å²) in [6.45, 7) is 0. The van der Waals surface area contributed by atoms with Crippen molar-refractivity contribution in [2.24, 2.45) is 0 Å². The Labute approximate surface area is 89.5 Å². The Morgan fingerprint density at radius 3 is 2.93 bits per heavy atom. The summed E-state index contributed by atoms with van der Waals surface area (Å²) in [7, 11) is 0. The van der Waals surface area contributed by atoms with Gasteiger partial charge in [-0.2, -0.15) is 0 Å². The smallest absolute Gasteiger partial charge is 0.326 e. The van der Waals surface area contributed by atoms with Gasteiger partial charge in [0.25, 0.3) is 0 Å². The normalized spacial score (nSPS) is 12.1.